The molecule has 0 bridgehead atoms. The number of amides is 1. The number of aromatic nitrogens is 3. The summed E-state index contributed by atoms with van der Waals surface area (Å²) in [5.41, 5.74) is 0. The highest BCUT2D eigenvalue weighted by Crippen LogP contribution is 2.16. The Hall–Kier alpha value is -1.39. The van der Waals surface area contributed by atoms with Crippen LogP contribution in [0.4, 0.5) is 0 Å². The smallest absolute Gasteiger partial charge is 0.224 e. The highest BCUT2D eigenvalue weighted by atomic mass is 127. The van der Waals surface area contributed by atoms with Crippen molar-refractivity contribution in [3.8, 4) is 0 Å². The standard InChI is InChI=1S/C18H33N7O.HI/c1-4-16-23-22-14-25(16)12-10-21-18(19-5-2)20-9-8-17(26)24-11-6-7-15(3)13-24;/h14-15H,4-13H2,1-3H3,(H2,19,20,21);1H. The van der Waals surface area contributed by atoms with E-state index < -0.39 is 0 Å². The van der Waals surface area contributed by atoms with Gasteiger partial charge in [0.05, 0.1) is 6.54 Å². The van der Waals surface area contributed by atoms with Crippen molar-refractivity contribution in [2.24, 2.45) is 10.9 Å². The Kier molecular flexibility index (Phi) is 11.3. The van der Waals surface area contributed by atoms with Gasteiger partial charge in [0.2, 0.25) is 5.91 Å². The van der Waals surface area contributed by atoms with Crippen LogP contribution in [-0.2, 0) is 17.8 Å². The molecule has 2 heterocycles. The lowest BCUT2D eigenvalue weighted by atomic mass is 10.00. The van der Waals surface area contributed by atoms with Gasteiger partial charge >= 0.3 is 0 Å². The second-order valence-electron chi connectivity index (χ2n) is 6.82. The molecular weight excluding hydrogens is 457 g/mol. The van der Waals surface area contributed by atoms with E-state index in [1.165, 1.54) is 6.42 Å². The van der Waals surface area contributed by atoms with Crippen LogP contribution in [0.3, 0.4) is 0 Å². The number of hydrogen-bond donors (Lipinski definition) is 2. The fourth-order valence-electron chi connectivity index (χ4n) is 3.21. The Morgan fingerprint density at radius 2 is 2.19 bits per heavy atom. The van der Waals surface area contributed by atoms with E-state index in [-0.39, 0.29) is 29.9 Å². The number of aryl methyl sites for hydroxylation is 1. The molecule has 1 aromatic rings. The SMILES string of the molecule is CCNC(=NCCC(=O)N1CCCC(C)C1)NCCn1cnnc1CC.I. The van der Waals surface area contributed by atoms with Gasteiger partial charge < -0.3 is 20.1 Å². The third-order valence-corrected chi connectivity index (χ3v) is 4.61. The van der Waals surface area contributed by atoms with Gasteiger partial charge in [0, 0.05) is 45.6 Å². The molecule has 9 heteroatoms. The number of carbonyl (C=O) groups excluding carboxylic acids is 1. The first-order chi connectivity index (χ1) is 12.6. The van der Waals surface area contributed by atoms with Gasteiger partial charge in [-0.25, -0.2) is 0 Å². The zero-order valence-corrected chi connectivity index (χ0v) is 19.1. The van der Waals surface area contributed by atoms with Crippen molar-refractivity contribution in [3.63, 3.8) is 0 Å². The van der Waals surface area contributed by atoms with Crippen molar-refractivity contribution in [2.75, 3.05) is 32.7 Å². The molecule has 1 unspecified atom stereocenters. The first-order valence-corrected chi connectivity index (χ1v) is 9.80. The van der Waals surface area contributed by atoms with Crippen LogP contribution in [0, 0.1) is 5.92 Å². The van der Waals surface area contributed by atoms with Crippen LogP contribution in [0.15, 0.2) is 11.3 Å². The topological polar surface area (TPSA) is 87.4 Å². The summed E-state index contributed by atoms with van der Waals surface area (Å²) in [5.74, 6) is 2.56. The fourth-order valence-corrected chi connectivity index (χ4v) is 3.21. The molecule has 2 rings (SSSR count). The van der Waals surface area contributed by atoms with E-state index in [1.807, 2.05) is 16.4 Å². The molecule has 1 aliphatic heterocycles. The maximum Gasteiger partial charge on any atom is 0.224 e. The summed E-state index contributed by atoms with van der Waals surface area (Å²) in [5, 5.41) is 14.6. The molecule has 1 amide bonds. The Balaban J connectivity index is 0.00000364. The van der Waals surface area contributed by atoms with E-state index in [0.29, 0.717) is 18.9 Å². The summed E-state index contributed by atoms with van der Waals surface area (Å²) < 4.78 is 2.04. The number of carbonyl (C=O) groups is 1. The Morgan fingerprint density at radius 1 is 1.37 bits per heavy atom. The summed E-state index contributed by atoms with van der Waals surface area (Å²) in [6, 6.07) is 0. The summed E-state index contributed by atoms with van der Waals surface area (Å²) in [4.78, 5) is 18.8. The zero-order valence-electron chi connectivity index (χ0n) is 16.8. The average Bonchev–Trinajstić information content (AvgIpc) is 3.09. The molecule has 1 aromatic heterocycles. The van der Waals surface area contributed by atoms with Gasteiger partial charge in [-0.3, -0.25) is 9.79 Å². The molecule has 1 saturated heterocycles. The number of nitrogens with one attached hydrogen (secondary N) is 2. The molecule has 154 valence electrons. The van der Waals surface area contributed by atoms with E-state index >= 15 is 0 Å². The predicted octanol–water partition coefficient (Wildman–Crippen LogP) is 1.66. The number of aliphatic imine (C=N–C) groups is 1. The van der Waals surface area contributed by atoms with E-state index in [0.717, 1.165) is 57.3 Å². The minimum atomic E-state index is 0. The monoisotopic (exact) mass is 491 g/mol. The lowest BCUT2D eigenvalue weighted by molar-refractivity contribution is -0.132. The lowest BCUT2D eigenvalue weighted by Crippen LogP contribution is -2.40. The normalized spacial score (nSPS) is 17.4. The Labute approximate surface area is 179 Å². The molecule has 0 radical (unpaired) electrons. The van der Waals surface area contributed by atoms with Gasteiger partial charge in [-0.15, -0.1) is 34.2 Å². The van der Waals surface area contributed by atoms with Crippen molar-refractivity contribution in [2.45, 2.75) is 53.0 Å². The summed E-state index contributed by atoms with van der Waals surface area (Å²) in [6.45, 7) is 10.9. The first-order valence-electron chi connectivity index (χ1n) is 9.80. The highest BCUT2D eigenvalue weighted by Gasteiger charge is 2.20. The molecule has 0 aromatic carbocycles. The molecule has 2 N–H and O–H groups in total. The van der Waals surface area contributed by atoms with Crippen LogP contribution in [0.2, 0.25) is 0 Å². The molecule has 0 saturated carbocycles. The Bertz CT molecular complexity index is 590. The molecule has 8 nitrogen and oxygen atoms in total. The molecule has 0 aliphatic carbocycles. The van der Waals surface area contributed by atoms with Crippen LogP contribution in [0.25, 0.3) is 0 Å². The van der Waals surface area contributed by atoms with E-state index in [1.54, 1.807) is 6.33 Å². The van der Waals surface area contributed by atoms with Gasteiger partial charge in [-0.2, -0.15) is 0 Å². The molecule has 1 aliphatic rings. The fraction of sp³-hybridized carbons (Fsp3) is 0.778. The summed E-state index contributed by atoms with van der Waals surface area (Å²) in [6.07, 6.45) is 5.43. The van der Waals surface area contributed by atoms with E-state index in [2.05, 4.69) is 39.7 Å². The Morgan fingerprint density at radius 3 is 2.89 bits per heavy atom. The number of piperidine rings is 1. The first kappa shape index (κ1) is 23.6. The highest BCUT2D eigenvalue weighted by molar-refractivity contribution is 14.0. The third-order valence-electron chi connectivity index (χ3n) is 4.61. The van der Waals surface area contributed by atoms with Crippen LogP contribution in [0.5, 0.6) is 0 Å². The van der Waals surface area contributed by atoms with Gasteiger partial charge in [-0.05, 0) is 25.7 Å². The van der Waals surface area contributed by atoms with Gasteiger partial charge in [0.15, 0.2) is 5.96 Å². The van der Waals surface area contributed by atoms with Crippen molar-refractivity contribution < 1.29 is 4.79 Å². The number of nitrogens with zero attached hydrogens (tertiary/aromatic N) is 5. The molecule has 1 atom stereocenters. The van der Waals surface area contributed by atoms with Crippen molar-refractivity contribution >= 4 is 35.8 Å². The predicted molar refractivity (Wildman–Crippen MR) is 118 cm³/mol. The zero-order chi connectivity index (χ0) is 18.8. The molecular formula is C18H34IN7O. The average molecular weight is 491 g/mol. The van der Waals surface area contributed by atoms with Crippen molar-refractivity contribution in [1.82, 2.24) is 30.3 Å². The second kappa shape index (κ2) is 12.9. The number of likely N-dealkylation sites (tertiary alicyclic amines) is 1. The minimum Gasteiger partial charge on any atom is -0.357 e. The minimum absolute atomic E-state index is 0. The van der Waals surface area contributed by atoms with Crippen LogP contribution in [-0.4, -0.2) is 64.3 Å². The van der Waals surface area contributed by atoms with Crippen molar-refractivity contribution in [3.05, 3.63) is 12.2 Å². The number of hydrogen-bond acceptors (Lipinski definition) is 4. The second-order valence-corrected chi connectivity index (χ2v) is 6.82. The maximum atomic E-state index is 12.3. The van der Waals surface area contributed by atoms with Gasteiger partial charge in [0.1, 0.15) is 12.2 Å². The molecule has 1 fully saturated rings. The van der Waals surface area contributed by atoms with Gasteiger partial charge in [-0.1, -0.05) is 13.8 Å². The lowest BCUT2D eigenvalue weighted by Gasteiger charge is -2.30. The third kappa shape index (κ3) is 8.02. The van der Waals surface area contributed by atoms with E-state index in [9.17, 15) is 4.79 Å². The van der Waals surface area contributed by atoms with Crippen LogP contribution < -0.4 is 10.6 Å². The number of rotatable bonds is 8. The largest absolute Gasteiger partial charge is 0.357 e. The van der Waals surface area contributed by atoms with Gasteiger partial charge in [0.25, 0.3) is 0 Å². The summed E-state index contributed by atoms with van der Waals surface area (Å²) in [7, 11) is 0. The van der Waals surface area contributed by atoms with Crippen LogP contribution >= 0.6 is 24.0 Å². The molecule has 0 spiro atoms. The maximum absolute atomic E-state index is 12.3. The number of halogens is 1. The van der Waals surface area contributed by atoms with Crippen molar-refractivity contribution in [1.29, 1.82) is 0 Å². The summed E-state index contributed by atoms with van der Waals surface area (Å²) >= 11 is 0. The quantitative estimate of drug-likeness (QED) is 0.328. The van der Waals surface area contributed by atoms with E-state index in [4.69, 9.17) is 0 Å². The van der Waals surface area contributed by atoms with Crippen LogP contribution in [0.1, 0.15) is 45.9 Å². The molecule has 27 heavy (non-hydrogen) atoms. The number of guanidine groups is 1.